The minimum Gasteiger partial charge on any atom is -0.465 e. The van der Waals surface area contributed by atoms with E-state index < -0.39 is 5.97 Å². The number of aryl methyl sites for hydroxylation is 1. The molecule has 1 rings (SSSR count). The van der Waals surface area contributed by atoms with Crippen molar-refractivity contribution >= 4 is 17.8 Å². The second kappa shape index (κ2) is 8.18. The minimum absolute atomic E-state index is 0.0416. The van der Waals surface area contributed by atoms with Crippen LogP contribution in [0.3, 0.4) is 0 Å². The predicted molar refractivity (Wildman–Crippen MR) is 95.7 cm³/mol. The van der Waals surface area contributed by atoms with Crippen molar-refractivity contribution in [3.8, 4) is 0 Å². The van der Waals surface area contributed by atoms with Crippen molar-refractivity contribution in [2.75, 3.05) is 20.2 Å². The van der Waals surface area contributed by atoms with Gasteiger partial charge in [-0.2, -0.15) is 0 Å². The zero-order valence-electron chi connectivity index (χ0n) is 16.2. The van der Waals surface area contributed by atoms with Crippen molar-refractivity contribution in [1.29, 1.82) is 0 Å². The normalized spacial score (nSPS) is 11.2. The van der Waals surface area contributed by atoms with Crippen molar-refractivity contribution in [3.63, 3.8) is 0 Å². The van der Waals surface area contributed by atoms with Crippen LogP contribution in [0.4, 0.5) is 0 Å². The van der Waals surface area contributed by atoms with Crippen molar-refractivity contribution < 1.29 is 19.1 Å². The van der Waals surface area contributed by atoms with Crippen LogP contribution in [0.15, 0.2) is 0 Å². The number of hydrogen-bond acceptors (Lipinski definition) is 4. The number of likely N-dealkylation sites (N-methyl/N-ethyl adjacent to an activating group) is 1. The third kappa shape index (κ3) is 5.08. The molecule has 1 aromatic heterocycles. The number of carbonyl (C=O) groups excluding carboxylic acids is 3. The number of aromatic nitrogens is 1. The largest absolute Gasteiger partial charge is 0.465 e. The molecular weight excluding hydrogens is 322 g/mol. The van der Waals surface area contributed by atoms with E-state index in [1.54, 1.807) is 6.92 Å². The highest BCUT2D eigenvalue weighted by atomic mass is 16.5. The lowest BCUT2D eigenvalue weighted by Gasteiger charge is -2.25. The number of ether oxygens (including phenoxy) is 1. The van der Waals surface area contributed by atoms with Gasteiger partial charge in [-0.05, 0) is 46.6 Å². The van der Waals surface area contributed by atoms with Crippen molar-refractivity contribution in [2.45, 2.75) is 53.5 Å². The van der Waals surface area contributed by atoms with E-state index in [9.17, 15) is 14.4 Å². The summed E-state index contributed by atoms with van der Waals surface area (Å²) in [6.07, 6.45) is 0.565. The highest BCUT2D eigenvalue weighted by Gasteiger charge is 2.27. The van der Waals surface area contributed by atoms with Gasteiger partial charge in [0.15, 0.2) is 0 Å². The lowest BCUT2D eigenvalue weighted by Crippen LogP contribution is -2.47. The van der Waals surface area contributed by atoms with Gasteiger partial charge in [-0.15, -0.1) is 0 Å². The summed E-state index contributed by atoms with van der Waals surface area (Å²) < 4.78 is 4.81. The SMILES string of the molecule is CCc1[nH]c(C(=O)N(CC)CC(=O)NC(C)(C)C)c(C)c1C(=O)OC. The molecule has 0 aliphatic rings. The van der Waals surface area contributed by atoms with Gasteiger partial charge in [-0.1, -0.05) is 6.92 Å². The molecule has 25 heavy (non-hydrogen) atoms. The summed E-state index contributed by atoms with van der Waals surface area (Å²) in [4.78, 5) is 41.5. The Kier molecular flexibility index (Phi) is 6.78. The van der Waals surface area contributed by atoms with Crippen molar-refractivity contribution in [2.24, 2.45) is 0 Å². The van der Waals surface area contributed by atoms with Crippen molar-refractivity contribution in [3.05, 3.63) is 22.5 Å². The van der Waals surface area contributed by atoms with Crippen LogP contribution >= 0.6 is 0 Å². The molecule has 1 heterocycles. The quantitative estimate of drug-likeness (QED) is 0.767. The smallest absolute Gasteiger partial charge is 0.339 e. The number of hydrogen-bond donors (Lipinski definition) is 2. The molecule has 0 fully saturated rings. The number of H-pyrrole nitrogens is 1. The second-order valence-corrected chi connectivity index (χ2v) is 6.94. The number of esters is 1. The number of methoxy groups -OCH3 is 1. The standard InChI is InChI=1S/C18H29N3O4/c1-8-12-14(17(24)25-7)11(3)15(19-12)16(23)21(9-2)10-13(22)20-18(4,5)6/h19H,8-10H2,1-7H3,(H,20,22). The Morgan fingerprint density at radius 3 is 2.24 bits per heavy atom. The Morgan fingerprint density at radius 1 is 1.20 bits per heavy atom. The third-order valence-electron chi connectivity index (χ3n) is 3.80. The molecule has 0 radical (unpaired) electrons. The zero-order chi connectivity index (χ0) is 19.4. The monoisotopic (exact) mass is 351 g/mol. The molecule has 7 heteroatoms. The topological polar surface area (TPSA) is 91.5 Å². The number of rotatable bonds is 6. The van der Waals surface area contributed by atoms with Gasteiger partial charge in [-0.3, -0.25) is 9.59 Å². The molecule has 0 bridgehead atoms. The van der Waals surface area contributed by atoms with Crippen LogP contribution < -0.4 is 5.32 Å². The molecule has 140 valence electrons. The van der Waals surface area contributed by atoms with E-state index in [1.807, 2.05) is 34.6 Å². The summed E-state index contributed by atoms with van der Waals surface area (Å²) in [5, 5.41) is 2.84. The maximum absolute atomic E-state index is 12.9. The van der Waals surface area contributed by atoms with E-state index in [1.165, 1.54) is 12.0 Å². The van der Waals surface area contributed by atoms with Crippen LogP contribution in [-0.2, 0) is 16.0 Å². The number of amides is 2. The first kappa shape index (κ1) is 20.7. The first-order chi connectivity index (χ1) is 11.6. The lowest BCUT2D eigenvalue weighted by atomic mass is 10.1. The molecule has 0 unspecified atom stereocenters. The number of nitrogens with one attached hydrogen (secondary N) is 2. The molecule has 0 aliphatic carbocycles. The van der Waals surface area contributed by atoms with Gasteiger partial charge in [0, 0.05) is 17.8 Å². The molecule has 0 saturated heterocycles. The summed E-state index contributed by atoms with van der Waals surface area (Å²) in [7, 11) is 1.31. The van der Waals surface area contributed by atoms with Gasteiger partial charge in [0.05, 0.1) is 19.2 Å². The highest BCUT2D eigenvalue weighted by molar-refractivity contribution is 6.01. The summed E-state index contributed by atoms with van der Waals surface area (Å²) in [5.74, 6) is -1.01. The van der Waals surface area contributed by atoms with E-state index in [-0.39, 0.29) is 23.9 Å². The molecule has 0 atom stereocenters. The molecule has 1 aromatic rings. The molecule has 0 spiro atoms. The van der Waals surface area contributed by atoms with Gasteiger partial charge < -0.3 is 19.9 Å². The number of aromatic amines is 1. The van der Waals surface area contributed by atoms with Crippen LogP contribution in [0.2, 0.25) is 0 Å². The second-order valence-electron chi connectivity index (χ2n) is 6.94. The highest BCUT2D eigenvalue weighted by Crippen LogP contribution is 2.21. The van der Waals surface area contributed by atoms with Crippen LogP contribution in [0.1, 0.15) is 66.7 Å². The zero-order valence-corrected chi connectivity index (χ0v) is 16.2. The van der Waals surface area contributed by atoms with E-state index in [0.29, 0.717) is 35.5 Å². The maximum Gasteiger partial charge on any atom is 0.339 e. The van der Waals surface area contributed by atoms with Crippen LogP contribution in [-0.4, -0.2) is 53.4 Å². The Hall–Kier alpha value is -2.31. The molecular formula is C18H29N3O4. The van der Waals surface area contributed by atoms with E-state index in [0.717, 1.165) is 0 Å². The Labute approximate surface area is 149 Å². The van der Waals surface area contributed by atoms with Crippen LogP contribution in [0, 0.1) is 6.92 Å². The molecule has 0 aliphatic heterocycles. The molecule has 7 nitrogen and oxygen atoms in total. The number of carbonyl (C=O) groups is 3. The summed E-state index contributed by atoms with van der Waals surface area (Å²) >= 11 is 0. The Balaban J connectivity index is 3.10. The lowest BCUT2D eigenvalue weighted by molar-refractivity contribution is -0.123. The molecule has 2 amide bonds. The average molecular weight is 351 g/mol. The van der Waals surface area contributed by atoms with E-state index >= 15 is 0 Å². The maximum atomic E-state index is 12.9. The molecule has 0 aromatic carbocycles. The summed E-state index contributed by atoms with van der Waals surface area (Å²) in [5.41, 5.74) is 1.55. The molecule has 0 saturated carbocycles. The molecule has 2 N–H and O–H groups in total. The fourth-order valence-electron chi connectivity index (χ4n) is 2.63. The first-order valence-corrected chi connectivity index (χ1v) is 8.45. The Bertz CT molecular complexity index is 656. The van der Waals surface area contributed by atoms with Gasteiger partial charge in [0.25, 0.3) is 5.91 Å². The predicted octanol–water partition coefficient (Wildman–Crippen LogP) is 2.05. The minimum atomic E-state index is -0.474. The summed E-state index contributed by atoms with van der Waals surface area (Å²) in [6.45, 7) is 11.4. The van der Waals surface area contributed by atoms with E-state index in [4.69, 9.17) is 4.74 Å². The Morgan fingerprint density at radius 2 is 1.80 bits per heavy atom. The van der Waals surface area contributed by atoms with E-state index in [2.05, 4.69) is 10.3 Å². The fraction of sp³-hybridized carbons (Fsp3) is 0.611. The third-order valence-corrected chi connectivity index (χ3v) is 3.80. The average Bonchev–Trinajstić information content (AvgIpc) is 2.86. The fourth-order valence-corrected chi connectivity index (χ4v) is 2.63. The first-order valence-electron chi connectivity index (χ1n) is 8.45. The van der Waals surface area contributed by atoms with Gasteiger partial charge in [0.1, 0.15) is 5.69 Å². The van der Waals surface area contributed by atoms with Gasteiger partial charge >= 0.3 is 5.97 Å². The van der Waals surface area contributed by atoms with Crippen LogP contribution in [0.5, 0.6) is 0 Å². The number of nitrogens with zero attached hydrogens (tertiary/aromatic N) is 1. The van der Waals surface area contributed by atoms with Gasteiger partial charge in [0.2, 0.25) is 5.91 Å². The van der Waals surface area contributed by atoms with Crippen molar-refractivity contribution in [1.82, 2.24) is 15.2 Å². The summed E-state index contributed by atoms with van der Waals surface area (Å²) in [6, 6.07) is 0. The van der Waals surface area contributed by atoms with Gasteiger partial charge in [-0.25, -0.2) is 4.79 Å². The van der Waals surface area contributed by atoms with Crippen LogP contribution in [0.25, 0.3) is 0 Å².